The number of benzene rings is 1. The molecule has 0 aromatic heterocycles. The van der Waals surface area contributed by atoms with Gasteiger partial charge in [0.25, 0.3) is 0 Å². The molecule has 0 spiro atoms. The minimum Gasteiger partial charge on any atom is -0.505 e. The topological polar surface area (TPSA) is 52.5 Å². The van der Waals surface area contributed by atoms with E-state index in [0.29, 0.717) is 12.1 Å². The van der Waals surface area contributed by atoms with Crippen molar-refractivity contribution in [3.8, 4) is 5.75 Å². The van der Waals surface area contributed by atoms with E-state index in [1.165, 1.54) is 6.07 Å². The summed E-state index contributed by atoms with van der Waals surface area (Å²) in [5.41, 5.74) is 0.564. The van der Waals surface area contributed by atoms with Crippen LogP contribution in [0.15, 0.2) is 18.2 Å². The van der Waals surface area contributed by atoms with E-state index in [0.717, 1.165) is 19.3 Å². The molecule has 4 heteroatoms. The third kappa shape index (κ3) is 2.76. The SMILES string of the molecule is OCC1CCCC1NCc1cccc(F)c1O. The van der Waals surface area contributed by atoms with Crippen LogP contribution in [0.3, 0.4) is 0 Å². The van der Waals surface area contributed by atoms with Crippen molar-refractivity contribution in [2.45, 2.75) is 31.8 Å². The lowest BCUT2D eigenvalue weighted by atomic mass is 10.0. The first-order valence-electron chi connectivity index (χ1n) is 6.03. The smallest absolute Gasteiger partial charge is 0.165 e. The maximum absolute atomic E-state index is 13.1. The summed E-state index contributed by atoms with van der Waals surface area (Å²) in [5, 5.41) is 22.0. The van der Waals surface area contributed by atoms with Crippen LogP contribution in [0.1, 0.15) is 24.8 Å². The summed E-state index contributed by atoms with van der Waals surface area (Å²) in [5.74, 6) is -0.585. The van der Waals surface area contributed by atoms with Crippen molar-refractivity contribution in [3.63, 3.8) is 0 Å². The second-order valence-corrected chi connectivity index (χ2v) is 4.61. The maximum atomic E-state index is 13.1. The number of nitrogens with one attached hydrogen (secondary N) is 1. The Bertz CT molecular complexity index is 384. The average molecular weight is 239 g/mol. The van der Waals surface area contributed by atoms with E-state index in [9.17, 15) is 14.6 Å². The predicted molar refractivity (Wildman–Crippen MR) is 63.1 cm³/mol. The van der Waals surface area contributed by atoms with Crippen LogP contribution in [0.25, 0.3) is 0 Å². The van der Waals surface area contributed by atoms with Gasteiger partial charge in [-0.25, -0.2) is 4.39 Å². The number of rotatable bonds is 4. The van der Waals surface area contributed by atoms with E-state index in [4.69, 9.17) is 0 Å². The Labute approximate surface area is 100 Å². The second-order valence-electron chi connectivity index (χ2n) is 4.61. The highest BCUT2D eigenvalue weighted by atomic mass is 19.1. The highest BCUT2D eigenvalue weighted by molar-refractivity contribution is 5.33. The number of phenolic OH excluding ortho intramolecular Hbond substituents is 1. The average Bonchev–Trinajstić information content (AvgIpc) is 2.78. The Balaban J connectivity index is 1.95. The second kappa shape index (κ2) is 5.47. The van der Waals surface area contributed by atoms with Crippen LogP contribution in [-0.4, -0.2) is 22.9 Å². The zero-order chi connectivity index (χ0) is 12.3. The molecule has 17 heavy (non-hydrogen) atoms. The summed E-state index contributed by atoms with van der Waals surface area (Å²) in [6.45, 7) is 0.623. The molecule has 1 fully saturated rings. The lowest BCUT2D eigenvalue weighted by Crippen LogP contribution is -2.33. The fraction of sp³-hybridized carbons (Fsp3) is 0.538. The van der Waals surface area contributed by atoms with Crippen LogP contribution < -0.4 is 5.32 Å². The zero-order valence-corrected chi connectivity index (χ0v) is 9.69. The lowest BCUT2D eigenvalue weighted by molar-refractivity contribution is 0.205. The first-order valence-corrected chi connectivity index (χ1v) is 6.03. The van der Waals surface area contributed by atoms with Crippen LogP contribution in [0.2, 0.25) is 0 Å². The fourth-order valence-electron chi connectivity index (χ4n) is 2.47. The molecule has 1 saturated carbocycles. The third-order valence-electron chi connectivity index (χ3n) is 3.52. The van der Waals surface area contributed by atoms with Crippen molar-refractivity contribution in [3.05, 3.63) is 29.6 Å². The standard InChI is InChI=1S/C13H18FNO2/c14-11-5-1-3-9(13(11)17)7-15-12-6-2-4-10(12)8-16/h1,3,5,10,12,15-17H,2,4,6-8H2. The molecule has 1 aromatic rings. The van der Waals surface area contributed by atoms with Crippen LogP contribution in [-0.2, 0) is 6.54 Å². The minimum absolute atomic E-state index is 0.187. The van der Waals surface area contributed by atoms with E-state index in [2.05, 4.69) is 5.32 Å². The molecule has 3 nitrogen and oxygen atoms in total. The van der Waals surface area contributed by atoms with Crippen LogP contribution in [0.5, 0.6) is 5.75 Å². The summed E-state index contributed by atoms with van der Waals surface area (Å²) in [7, 11) is 0. The molecule has 1 aliphatic rings. The van der Waals surface area contributed by atoms with Gasteiger partial charge in [0.15, 0.2) is 11.6 Å². The van der Waals surface area contributed by atoms with Gasteiger partial charge in [-0.1, -0.05) is 18.6 Å². The Hall–Kier alpha value is -1.13. The van der Waals surface area contributed by atoms with Crippen molar-refractivity contribution in [1.29, 1.82) is 0 Å². The van der Waals surface area contributed by atoms with Crippen LogP contribution >= 0.6 is 0 Å². The Morgan fingerprint density at radius 2 is 2.18 bits per heavy atom. The van der Waals surface area contributed by atoms with Crippen LogP contribution in [0, 0.1) is 11.7 Å². The Kier molecular flexibility index (Phi) is 3.97. The fourth-order valence-corrected chi connectivity index (χ4v) is 2.47. The van der Waals surface area contributed by atoms with E-state index < -0.39 is 5.82 Å². The van der Waals surface area contributed by atoms with E-state index in [1.54, 1.807) is 12.1 Å². The van der Waals surface area contributed by atoms with Crippen molar-refractivity contribution < 1.29 is 14.6 Å². The van der Waals surface area contributed by atoms with E-state index in [-0.39, 0.29) is 24.3 Å². The number of aliphatic hydroxyl groups excluding tert-OH is 1. The number of halogens is 1. The molecule has 0 heterocycles. The number of aromatic hydroxyl groups is 1. The number of hydrogen-bond acceptors (Lipinski definition) is 3. The van der Waals surface area contributed by atoms with E-state index in [1.807, 2.05) is 0 Å². The molecule has 3 N–H and O–H groups in total. The molecule has 0 bridgehead atoms. The highest BCUT2D eigenvalue weighted by Crippen LogP contribution is 2.26. The number of phenols is 1. The van der Waals surface area contributed by atoms with Crippen molar-refractivity contribution in [2.75, 3.05) is 6.61 Å². The van der Waals surface area contributed by atoms with Crippen molar-refractivity contribution in [2.24, 2.45) is 5.92 Å². The number of hydrogen-bond donors (Lipinski definition) is 3. The first-order chi connectivity index (χ1) is 8.22. The Morgan fingerprint density at radius 1 is 1.35 bits per heavy atom. The van der Waals surface area contributed by atoms with Crippen molar-refractivity contribution in [1.82, 2.24) is 5.32 Å². The number of aliphatic hydroxyl groups is 1. The maximum Gasteiger partial charge on any atom is 0.165 e. The van der Waals surface area contributed by atoms with Gasteiger partial charge in [0.1, 0.15) is 0 Å². The van der Waals surface area contributed by atoms with E-state index >= 15 is 0 Å². The van der Waals surface area contributed by atoms with Crippen molar-refractivity contribution >= 4 is 0 Å². The summed E-state index contributed by atoms with van der Waals surface area (Å²) < 4.78 is 13.1. The molecule has 1 aliphatic carbocycles. The van der Waals surface area contributed by atoms with Gasteiger partial charge in [-0.3, -0.25) is 0 Å². The predicted octanol–water partition coefficient (Wildman–Crippen LogP) is 1.78. The van der Waals surface area contributed by atoms with Crippen LogP contribution in [0.4, 0.5) is 4.39 Å². The Morgan fingerprint density at radius 3 is 2.94 bits per heavy atom. The van der Waals surface area contributed by atoms with Gasteiger partial charge < -0.3 is 15.5 Å². The van der Waals surface area contributed by atoms with Gasteiger partial charge in [-0.15, -0.1) is 0 Å². The molecule has 94 valence electrons. The highest BCUT2D eigenvalue weighted by Gasteiger charge is 2.26. The van der Waals surface area contributed by atoms with Gasteiger partial charge >= 0.3 is 0 Å². The zero-order valence-electron chi connectivity index (χ0n) is 9.69. The number of para-hydroxylation sites is 1. The molecule has 0 radical (unpaired) electrons. The third-order valence-corrected chi connectivity index (χ3v) is 3.52. The van der Waals surface area contributed by atoms with Gasteiger partial charge in [-0.05, 0) is 24.8 Å². The minimum atomic E-state index is -0.588. The first kappa shape index (κ1) is 12.3. The lowest BCUT2D eigenvalue weighted by Gasteiger charge is -2.19. The van der Waals surface area contributed by atoms with Gasteiger partial charge in [0, 0.05) is 24.8 Å². The molecule has 0 aliphatic heterocycles. The van der Waals surface area contributed by atoms with Gasteiger partial charge in [0.05, 0.1) is 0 Å². The normalized spacial score (nSPS) is 24.1. The largest absolute Gasteiger partial charge is 0.505 e. The quantitative estimate of drug-likeness (QED) is 0.750. The molecule has 0 saturated heterocycles. The monoisotopic (exact) mass is 239 g/mol. The van der Waals surface area contributed by atoms with Gasteiger partial charge in [-0.2, -0.15) is 0 Å². The summed E-state index contributed by atoms with van der Waals surface area (Å²) in [6.07, 6.45) is 3.17. The summed E-state index contributed by atoms with van der Waals surface area (Å²) in [4.78, 5) is 0. The molecule has 1 aromatic carbocycles. The molecule has 0 amide bonds. The summed E-state index contributed by atoms with van der Waals surface area (Å²) in [6, 6.07) is 4.80. The van der Waals surface area contributed by atoms with Gasteiger partial charge in [0.2, 0.25) is 0 Å². The molecule has 2 unspecified atom stereocenters. The molecule has 2 atom stereocenters. The molecular formula is C13H18FNO2. The molecule has 2 rings (SSSR count). The molecular weight excluding hydrogens is 221 g/mol. The summed E-state index contributed by atoms with van der Waals surface area (Å²) >= 11 is 0.